The molecule has 2 aromatic carbocycles. The van der Waals surface area contributed by atoms with Crippen LogP contribution in [0.3, 0.4) is 0 Å². The maximum atomic E-state index is 13.2. The topological polar surface area (TPSA) is 57.3 Å². The predicted octanol–water partition coefficient (Wildman–Crippen LogP) is 5.06. The van der Waals surface area contributed by atoms with E-state index >= 15 is 0 Å². The second kappa shape index (κ2) is 8.99. The van der Waals surface area contributed by atoms with Crippen LogP contribution in [0, 0.1) is 5.82 Å². The largest absolute Gasteiger partial charge is 0.372 e. The van der Waals surface area contributed by atoms with Gasteiger partial charge in [0.05, 0.1) is 11.9 Å². The van der Waals surface area contributed by atoms with E-state index < -0.39 is 11.7 Å². The number of nitrogens with zero attached hydrogens (tertiary/aromatic N) is 2. The van der Waals surface area contributed by atoms with Crippen LogP contribution in [0.1, 0.15) is 24.2 Å². The Labute approximate surface area is 164 Å². The van der Waals surface area contributed by atoms with Crippen LogP contribution in [0.25, 0.3) is 0 Å². The first-order chi connectivity index (χ1) is 13.6. The van der Waals surface area contributed by atoms with Crippen molar-refractivity contribution in [3.05, 3.63) is 78.2 Å². The van der Waals surface area contributed by atoms with Crippen molar-refractivity contribution < 1.29 is 9.18 Å². The summed E-state index contributed by atoms with van der Waals surface area (Å²) >= 11 is 0. The minimum atomic E-state index is -0.452. The van der Waals surface area contributed by atoms with Crippen LogP contribution in [-0.4, -0.2) is 24.0 Å². The van der Waals surface area contributed by atoms with E-state index in [-0.39, 0.29) is 5.56 Å². The minimum absolute atomic E-state index is 0.247. The maximum absolute atomic E-state index is 13.2. The van der Waals surface area contributed by atoms with E-state index in [0.717, 1.165) is 24.5 Å². The number of anilines is 4. The summed E-state index contributed by atoms with van der Waals surface area (Å²) in [6, 6.07) is 17.3. The highest BCUT2D eigenvalue weighted by Crippen LogP contribution is 2.21. The van der Waals surface area contributed by atoms with Gasteiger partial charge in [-0.15, -0.1) is 0 Å². The smallest absolute Gasteiger partial charge is 0.256 e. The quantitative estimate of drug-likeness (QED) is 0.603. The standard InChI is InChI=1S/C22H23FN4O/c1-3-27(4-2)20-11-8-18(9-12-20)25-19-10-13-21(24-15-19)26-22(28)16-6-5-7-17(23)14-16/h5-15,25H,3-4H2,1-2H3,(H,24,26,28). The summed E-state index contributed by atoms with van der Waals surface area (Å²) < 4.78 is 13.2. The van der Waals surface area contributed by atoms with Gasteiger partial charge in [0.25, 0.3) is 5.91 Å². The highest BCUT2D eigenvalue weighted by atomic mass is 19.1. The number of hydrogen-bond acceptors (Lipinski definition) is 4. The highest BCUT2D eigenvalue weighted by molar-refractivity contribution is 6.03. The number of hydrogen-bond donors (Lipinski definition) is 2. The van der Waals surface area contributed by atoms with Gasteiger partial charge in [0, 0.05) is 30.0 Å². The molecule has 0 saturated heterocycles. The van der Waals surface area contributed by atoms with Crippen molar-refractivity contribution in [3.8, 4) is 0 Å². The van der Waals surface area contributed by atoms with Gasteiger partial charge in [-0.2, -0.15) is 0 Å². The molecule has 1 aromatic heterocycles. The number of halogens is 1. The summed E-state index contributed by atoms with van der Waals surface area (Å²) in [6.45, 7) is 6.21. The summed E-state index contributed by atoms with van der Waals surface area (Å²) in [7, 11) is 0. The fourth-order valence-corrected chi connectivity index (χ4v) is 2.87. The number of carbonyl (C=O) groups excluding carboxylic acids is 1. The van der Waals surface area contributed by atoms with Crippen molar-refractivity contribution in [2.24, 2.45) is 0 Å². The molecule has 0 bridgehead atoms. The average Bonchev–Trinajstić information content (AvgIpc) is 2.71. The Hall–Kier alpha value is -3.41. The number of nitrogens with one attached hydrogen (secondary N) is 2. The van der Waals surface area contributed by atoms with Crippen LogP contribution in [0.2, 0.25) is 0 Å². The van der Waals surface area contributed by atoms with Crippen LogP contribution in [0.5, 0.6) is 0 Å². The molecule has 28 heavy (non-hydrogen) atoms. The summed E-state index contributed by atoms with van der Waals surface area (Å²) in [5.74, 6) is -0.455. The molecule has 3 rings (SSSR count). The molecule has 0 atom stereocenters. The molecular weight excluding hydrogens is 355 g/mol. The Morgan fingerprint density at radius 2 is 1.71 bits per heavy atom. The summed E-state index contributed by atoms with van der Waals surface area (Å²) in [5, 5.41) is 5.94. The zero-order valence-corrected chi connectivity index (χ0v) is 15.9. The fraction of sp³-hybridized carbons (Fsp3) is 0.182. The van der Waals surface area contributed by atoms with Crippen molar-refractivity contribution >= 4 is 28.8 Å². The minimum Gasteiger partial charge on any atom is -0.372 e. The van der Waals surface area contributed by atoms with E-state index in [1.54, 1.807) is 18.3 Å². The van der Waals surface area contributed by atoms with Crippen LogP contribution in [0.15, 0.2) is 66.9 Å². The Bertz CT molecular complexity index is 922. The Morgan fingerprint density at radius 3 is 2.32 bits per heavy atom. The number of aromatic nitrogens is 1. The van der Waals surface area contributed by atoms with Gasteiger partial charge in [0.15, 0.2) is 0 Å². The van der Waals surface area contributed by atoms with Crippen LogP contribution in [0.4, 0.5) is 27.3 Å². The molecule has 1 amide bonds. The van der Waals surface area contributed by atoms with Gasteiger partial charge in [-0.05, 0) is 68.4 Å². The molecule has 0 unspecified atom stereocenters. The maximum Gasteiger partial charge on any atom is 0.256 e. The average molecular weight is 378 g/mol. The molecule has 6 heteroatoms. The molecule has 0 aliphatic carbocycles. The van der Waals surface area contributed by atoms with E-state index in [1.165, 1.54) is 23.9 Å². The molecule has 2 N–H and O–H groups in total. The molecule has 5 nitrogen and oxygen atoms in total. The van der Waals surface area contributed by atoms with Crippen molar-refractivity contribution in [3.63, 3.8) is 0 Å². The number of rotatable bonds is 7. The van der Waals surface area contributed by atoms with Crippen LogP contribution in [-0.2, 0) is 0 Å². The van der Waals surface area contributed by atoms with Gasteiger partial charge in [0.1, 0.15) is 11.6 Å². The molecule has 0 aliphatic rings. The Balaban J connectivity index is 1.62. The second-order valence-electron chi connectivity index (χ2n) is 6.24. The van der Waals surface area contributed by atoms with Crippen molar-refractivity contribution in [2.45, 2.75) is 13.8 Å². The van der Waals surface area contributed by atoms with Gasteiger partial charge in [0.2, 0.25) is 0 Å². The molecule has 144 valence electrons. The number of benzene rings is 2. The number of amides is 1. The molecule has 0 aliphatic heterocycles. The third kappa shape index (κ3) is 4.85. The van der Waals surface area contributed by atoms with Gasteiger partial charge in [-0.3, -0.25) is 4.79 Å². The first-order valence-electron chi connectivity index (χ1n) is 9.24. The monoisotopic (exact) mass is 378 g/mol. The van der Waals surface area contributed by atoms with Gasteiger partial charge >= 0.3 is 0 Å². The van der Waals surface area contributed by atoms with Gasteiger partial charge in [-0.1, -0.05) is 6.07 Å². The van der Waals surface area contributed by atoms with E-state index in [2.05, 4.69) is 46.5 Å². The lowest BCUT2D eigenvalue weighted by atomic mass is 10.2. The van der Waals surface area contributed by atoms with E-state index in [0.29, 0.717) is 5.82 Å². The second-order valence-corrected chi connectivity index (χ2v) is 6.24. The third-order valence-corrected chi connectivity index (χ3v) is 4.38. The Kier molecular flexibility index (Phi) is 6.22. The zero-order valence-electron chi connectivity index (χ0n) is 15.9. The molecule has 0 spiro atoms. The SMILES string of the molecule is CCN(CC)c1ccc(Nc2ccc(NC(=O)c3cccc(F)c3)nc2)cc1. The molecule has 1 heterocycles. The van der Waals surface area contributed by atoms with E-state index in [1.807, 2.05) is 18.2 Å². The molecular formula is C22H23FN4O. The molecule has 3 aromatic rings. The number of pyridine rings is 1. The zero-order chi connectivity index (χ0) is 19.9. The normalized spacial score (nSPS) is 10.4. The lowest BCUT2D eigenvalue weighted by molar-refractivity contribution is 0.102. The summed E-state index contributed by atoms with van der Waals surface area (Å²) in [4.78, 5) is 18.7. The van der Waals surface area contributed by atoms with E-state index in [9.17, 15) is 9.18 Å². The first kappa shape index (κ1) is 19.4. The summed E-state index contributed by atoms with van der Waals surface area (Å²) in [6.07, 6.45) is 1.64. The summed E-state index contributed by atoms with van der Waals surface area (Å²) in [5.41, 5.74) is 3.19. The van der Waals surface area contributed by atoms with Crippen LogP contribution >= 0.6 is 0 Å². The third-order valence-electron chi connectivity index (χ3n) is 4.38. The lowest BCUT2D eigenvalue weighted by Gasteiger charge is -2.21. The Morgan fingerprint density at radius 1 is 1.00 bits per heavy atom. The highest BCUT2D eigenvalue weighted by Gasteiger charge is 2.08. The molecule has 0 radical (unpaired) electrons. The van der Waals surface area contributed by atoms with Crippen molar-refractivity contribution in [1.29, 1.82) is 0 Å². The fourth-order valence-electron chi connectivity index (χ4n) is 2.87. The predicted molar refractivity (Wildman–Crippen MR) is 112 cm³/mol. The van der Waals surface area contributed by atoms with Crippen LogP contribution < -0.4 is 15.5 Å². The van der Waals surface area contributed by atoms with Crippen molar-refractivity contribution in [1.82, 2.24) is 4.98 Å². The molecule has 0 saturated carbocycles. The van der Waals surface area contributed by atoms with Gasteiger partial charge in [-0.25, -0.2) is 9.37 Å². The van der Waals surface area contributed by atoms with Gasteiger partial charge < -0.3 is 15.5 Å². The lowest BCUT2D eigenvalue weighted by Crippen LogP contribution is -2.21. The van der Waals surface area contributed by atoms with Crippen molar-refractivity contribution in [2.75, 3.05) is 28.6 Å². The number of carbonyl (C=O) groups is 1. The van der Waals surface area contributed by atoms with E-state index in [4.69, 9.17) is 0 Å². The first-order valence-corrected chi connectivity index (χ1v) is 9.24. The molecule has 0 fully saturated rings.